The van der Waals surface area contributed by atoms with Crippen molar-refractivity contribution < 1.29 is 19.0 Å². The van der Waals surface area contributed by atoms with Crippen molar-refractivity contribution in [1.29, 1.82) is 0 Å². The number of ether oxygens (including phenoxy) is 2. The zero-order valence-corrected chi connectivity index (χ0v) is 13.9. The lowest BCUT2D eigenvalue weighted by molar-refractivity contribution is 0.274. The molecule has 0 saturated carbocycles. The predicted octanol–water partition coefficient (Wildman–Crippen LogP) is 3.58. The summed E-state index contributed by atoms with van der Waals surface area (Å²) in [6, 6.07) is 11.7. The van der Waals surface area contributed by atoms with E-state index in [1.807, 2.05) is 18.2 Å². The van der Waals surface area contributed by atoms with Gasteiger partial charge in [-0.3, -0.25) is 0 Å². The lowest BCUT2D eigenvalue weighted by atomic mass is 10.0. The first-order valence-corrected chi connectivity index (χ1v) is 8.06. The largest absolute Gasteiger partial charge is 0.493 e. The maximum absolute atomic E-state index is 13.3. The molecule has 3 N–H and O–H groups in total. The second-order valence-electron chi connectivity index (χ2n) is 5.62. The van der Waals surface area contributed by atoms with E-state index in [9.17, 15) is 4.39 Å². The van der Waals surface area contributed by atoms with Crippen LogP contribution in [0.15, 0.2) is 42.5 Å². The summed E-state index contributed by atoms with van der Waals surface area (Å²) in [4.78, 5) is 0. The molecule has 24 heavy (non-hydrogen) atoms. The molecule has 0 aromatic heterocycles. The SMILES string of the molecule is COc1cccc([C@H](N)CCCCO)c1OCc1cccc(F)c1. The third kappa shape index (κ3) is 4.94. The molecule has 2 rings (SSSR count). The number of hydrogen-bond donors (Lipinski definition) is 2. The maximum atomic E-state index is 13.3. The Bertz CT molecular complexity index is 648. The van der Waals surface area contributed by atoms with Crippen molar-refractivity contribution in [2.45, 2.75) is 31.9 Å². The van der Waals surface area contributed by atoms with Crippen LogP contribution in [-0.4, -0.2) is 18.8 Å². The molecule has 1 atom stereocenters. The molecule has 2 aromatic carbocycles. The molecular formula is C19H24FNO3. The van der Waals surface area contributed by atoms with Crippen LogP contribution in [0.4, 0.5) is 4.39 Å². The van der Waals surface area contributed by atoms with Crippen molar-refractivity contribution in [1.82, 2.24) is 0 Å². The second-order valence-corrected chi connectivity index (χ2v) is 5.62. The van der Waals surface area contributed by atoms with Gasteiger partial charge in [0.1, 0.15) is 12.4 Å². The molecule has 2 aromatic rings. The summed E-state index contributed by atoms with van der Waals surface area (Å²) in [7, 11) is 1.57. The van der Waals surface area contributed by atoms with Gasteiger partial charge in [0.25, 0.3) is 0 Å². The molecule has 5 heteroatoms. The molecule has 0 aliphatic carbocycles. The van der Waals surface area contributed by atoms with Gasteiger partial charge in [0.05, 0.1) is 7.11 Å². The zero-order chi connectivity index (χ0) is 17.4. The Balaban J connectivity index is 2.16. The molecule has 0 fully saturated rings. The Morgan fingerprint density at radius 1 is 1.17 bits per heavy atom. The summed E-state index contributed by atoms with van der Waals surface area (Å²) in [5.41, 5.74) is 7.86. The van der Waals surface area contributed by atoms with Gasteiger partial charge in [-0.1, -0.05) is 24.3 Å². The molecular weight excluding hydrogens is 309 g/mol. The Hall–Kier alpha value is -2.11. The van der Waals surface area contributed by atoms with Crippen LogP contribution >= 0.6 is 0 Å². The fourth-order valence-electron chi connectivity index (χ4n) is 2.55. The summed E-state index contributed by atoms with van der Waals surface area (Å²) in [5, 5.41) is 8.90. The van der Waals surface area contributed by atoms with Crippen LogP contribution in [0.25, 0.3) is 0 Å². The average Bonchev–Trinajstić information content (AvgIpc) is 2.59. The number of aliphatic hydroxyl groups excluding tert-OH is 1. The minimum Gasteiger partial charge on any atom is -0.493 e. The summed E-state index contributed by atoms with van der Waals surface area (Å²) >= 11 is 0. The summed E-state index contributed by atoms with van der Waals surface area (Å²) in [6.45, 7) is 0.391. The van der Waals surface area contributed by atoms with E-state index >= 15 is 0 Å². The van der Waals surface area contributed by atoms with Crippen molar-refractivity contribution in [2.75, 3.05) is 13.7 Å². The van der Waals surface area contributed by atoms with E-state index in [1.54, 1.807) is 19.2 Å². The van der Waals surface area contributed by atoms with Crippen molar-refractivity contribution in [3.8, 4) is 11.5 Å². The highest BCUT2D eigenvalue weighted by molar-refractivity contribution is 5.48. The van der Waals surface area contributed by atoms with E-state index in [1.165, 1.54) is 12.1 Å². The lowest BCUT2D eigenvalue weighted by Gasteiger charge is -2.19. The van der Waals surface area contributed by atoms with Gasteiger partial charge in [0.15, 0.2) is 11.5 Å². The van der Waals surface area contributed by atoms with Crippen LogP contribution in [-0.2, 0) is 6.61 Å². The number of nitrogens with two attached hydrogens (primary N) is 1. The summed E-state index contributed by atoms with van der Waals surface area (Å²) in [5.74, 6) is 0.888. The first-order valence-electron chi connectivity index (χ1n) is 8.06. The number of hydrogen-bond acceptors (Lipinski definition) is 4. The first-order chi connectivity index (χ1) is 11.7. The standard InChI is InChI=1S/C19H24FNO3/c1-23-18-10-5-8-16(17(21)9-2-3-11-22)19(18)24-13-14-6-4-7-15(20)12-14/h4-8,10,12,17,22H,2-3,9,11,13,21H2,1H3/t17-/m1/s1. The minimum atomic E-state index is -0.294. The highest BCUT2D eigenvalue weighted by atomic mass is 19.1. The Morgan fingerprint density at radius 3 is 2.67 bits per heavy atom. The van der Waals surface area contributed by atoms with Gasteiger partial charge < -0.3 is 20.3 Å². The molecule has 0 aliphatic rings. The van der Waals surface area contributed by atoms with E-state index in [4.69, 9.17) is 20.3 Å². The third-order valence-electron chi connectivity index (χ3n) is 3.82. The quantitative estimate of drug-likeness (QED) is 0.689. The van der Waals surface area contributed by atoms with Crippen LogP contribution in [0.2, 0.25) is 0 Å². The number of rotatable bonds is 9. The smallest absolute Gasteiger partial charge is 0.166 e. The van der Waals surface area contributed by atoms with Crippen molar-refractivity contribution in [2.24, 2.45) is 5.73 Å². The average molecular weight is 333 g/mol. The van der Waals surface area contributed by atoms with E-state index < -0.39 is 0 Å². The van der Waals surface area contributed by atoms with Crippen LogP contribution < -0.4 is 15.2 Å². The van der Waals surface area contributed by atoms with Gasteiger partial charge in [-0.25, -0.2) is 4.39 Å². The van der Waals surface area contributed by atoms with Crippen LogP contribution in [0.5, 0.6) is 11.5 Å². The molecule has 0 aliphatic heterocycles. The molecule has 0 heterocycles. The topological polar surface area (TPSA) is 64.7 Å². The fourth-order valence-corrected chi connectivity index (χ4v) is 2.55. The van der Waals surface area contributed by atoms with E-state index in [-0.39, 0.29) is 25.1 Å². The Labute approximate surface area is 142 Å². The molecule has 0 saturated heterocycles. The summed E-state index contributed by atoms with van der Waals surface area (Å²) < 4.78 is 24.6. The molecule has 0 radical (unpaired) electrons. The van der Waals surface area contributed by atoms with Gasteiger partial charge in [-0.15, -0.1) is 0 Å². The first kappa shape index (κ1) is 18.2. The number of unbranched alkanes of at least 4 members (excludes halogenated alkanes) is 1. The molecule has 130 valence electrons. The number of aliphatic hydroxyl groups is 1. The molecule has 0 spiro atoms. The molecule has 0 bridgehead atoms. The number of halogens is 1. The fraction of sp³-hybridized carbons (Fsp3) is 0.368. The van der Waals surface area contributed by atoms with E-state index in [2.05, 4.69) is 0 Å². The van der Waals surface area contributed by atoms with Crippen LogP contribution in [0.1, 0.15) is 36.4 Å². The van der Waals surface area contributed by atoms with Gasteiger partial charge in [0.2, 0.25) is 0 Å². The Kier molecular flexibility index (Phi) is 7.03. The molecule has 0 unspecified atom stereocenters. The molecule has 4 nitrogen and oxygen atoms in total. The second kappa shape index (κ2) is 9.25. The normalized spacial score (nSPS) is 12.0. The van der Waals surface area contributed by atoms with E-state index in [0.29, 0.717) is 11.5 Å². The lowest BCUT2D eigenvalue weighted by Crippen LogP contribution is -2.13. The van der Waals surface area contributed by atoms with Crippen LogP contribution in [0.3, 0.4) is 0 Å². The van der Waals surface area contributed by atoms with Gasteiger partial charge >= 0.3 is 0 Å². The van der Waals surface area contributed by atoms with Crippen molar-refractivity contribution in [3.63, 3.8) is 0 Å². The van der Waals surface area contributed by atoms with Gasteiger partial charge in [0, 0.05) is 18.2 Å². The monoisotopic (exact) mass is 333 g/mol. The van der Waals surface area contributed by atoms with Crippen LogP contribution in [0, 0.1) is 5.82 Å². The number of benzene rings is 2. The number of para-hydroxylation sites is 1. The van der Waals surface area contributed by atoms with Gasteiger partial charge in [-0.2, -0.15) is 0 Å². The maximum Gasteiger partial charge on any atom is 0.166 e. The Morgan fingerprint density at radius 2 is 1.96 bits per heavy atom. The van der Waals surface area contributed by atoms with E-state index in [0.717, 1.165) is 30.4 Å². The molecule has 0 amide bonds. The van der Waals surface area contributed by atoms with Crippen molar-refractivity contribution >= 4 is 0 Å². The predicted molar refractivity (Wildman–Crippen MR) is 91.6 cm³/mol. The number of methoxy groups -OCH3 is 1. The zero-order valence-electron chi connectivity index (χ0n) is 13.9. The van der Waals surface area contributed by atoms with Gasteiger partial charge in [-0.05, 0) is 43.0 Å². The highest BCUT2D eigenvalue weighted by Gasteiger charge is 2.16. The van der Waals surface area contributed by atoms with Crippen molar-refractivity contribution in [3.05, 3.63) is 59.4 Å². The minimum absolute atomic E-state index is 0.160. The summed E-state index contributed by atoms with van der Waals surface area (Å²) in [6.07, 6.45) is 2.29. The third-order valence-corrected chi connectivity index (χ3v) is 3.82. The highest BCUT2D eigenvalue weighted by Crippen LogP contribution is 2.36.